The van der Waals surface area contributed by atoms with E-state index in [4.69, 9.17) is 4.74 Å². The van der Waals surface area contributed by atoms with Crippen LogP contribution in [0.15, 0.2) is 47.3 Å². The van der Waals surface area contributed by atoms with Gasteiger partial charge < -0.3 is 20.3 Å². The molecule has 0 saturated carbocycles. The molecule has 2 aromatic rings. The molecule has 3 rings (SSSR count). The van der Waals surface area contributed by atoms with Gasteiger partial charge in [0.15, 0.2) is 0 Å². The predicted octanol–water partition coefficient (Wildman–Crippen LogP) is 2.70. The van der Waals surface area contributed by atoms with Crippen LogP contribution in [0.4, 0.5) is 40.7 Å². The molecule has 1 heterocycles. The Kier molecular flexibility index (Phi) is 6.86. The second-order valence-electron chi connectivity index (χ2n) is 7.22. The van der Waals surface area contributed by atoms with Crippen LogP contribution in [0.5, 0.6) is 0 Å². The van der Waals surface area contributed by atoms with Crippen LogP contribution in [0.3, 0.4) is 0 Å². The predicted molar refractivity (Wildman–Crippen MR) is 113 cm³/mol. The van der Waals surface area contributed by atoms with Gasteiger partial charge in [-0.05, 0) is 30.3 Å². The first-order chi connectivity index (χ1) is 15.2. The fourth-order valence-electron chi connectivity index (χ4n) is 3.02. The Labute approximate surface area is 181 Å². The van der Waals surface area contributed by atoms with E-state index in [2.05, 4.69) is 5.32 Å². The highest BCUT2D eigenvalue weighted by Gasteiger charge is 2.33. The first kappa shape index (κ1) is 22.9. The van der Waals surface area contributed by atoms with E-state index in [-0.39, 0.29) is 35.6 Å². The number of nitrogens with zero attached hydrogens (tertiary/aromatic N) is 2. The summed E-state index contributed by atoms with van der Waals surface area (Å²) in [5.41, 5.74) is 0.721. The minimum absolute atomic E-state index is 0.0248. The molecule has 1 atom stereocenters. The summed E-state index contributed by atoms with van der Waals surface area (Å²) in [6.07, 6.45) is -4.83. The van der Waals surface area contributed by atoms with Crippen molar-refractivity contribution < 1.29 is 27.5 Å². The molecule has 1 aliphatic rings. The Hall–Kier alpha value is -3.76. The fourth-order valence-corrected chi connectivity index (χ4v) is 3.02. The lowest BCUT2D eigenvalue weighted by atomic mass is 10.2. The number of nitrogens with one attached hydrogen (secondary N) is 2. The Bertz CT molecular complexity index is 1080. The van der Waals surface area contributed by atoms with Gasteiger partial charge in [-0.25, -0.2) is 9.18 Å². The maximum atomic E-state index is 14.7. The number of benzene rings is 1. The van der Waals surface area contributed by atoms with Crippen molar-refractivity contribution in [3.63, 3.8) is 0 Å². The summed E-state index contributed by atoms with van der Waals surface area (Å²) in [5.74, 6) is -2.19. The minimum atomic E-state index is -3.17. The van der Waals surface area contributed by atoms with Crippen LogP contribution in [0.1, 0.15) is 0 Å². The fraction of sp³-hybridized carbons (Fsp3) is 0.286. The molecule has 11 heteroatoms. The molecule has 1 saturated heterocycles. The van der Waals surface area contributed by atoms with Gasteiger partial charge >= 0.3 is 12.5 Å². The second kappa shape index (κ2) is 9.58. The molecular formula is C21H21F3N4O4. The van der Waals surface area contributed by atoms with Crippen LogP contribution in [0.2, 0.25) is 0 Å². The lowest BCUT2D eigenvalue weighted by Gasteiger charge is -2.15. The quantitative estimate of drug-likeness (QED) is 0.674. The van der Waals surface area contributed by atoms with E-state index in [0.29, 0.717) is 5.69 Å². The zero-order valence-electron chi connectivity index (χ0n) is 17.3. The molecular weight excluding hydrogens is 429 g/mol. The van der Waals surface area contributed by atoms with Gasteiger partial charge in [-0.2, -0.15) is 8.78 Å². The average Bonchev–Trinajstić information content (AvgIpc) is 3.00. The number of hydrogen-bond acceptors (Lipinski definition) is 6. The van der Waals surface area contributed by atoms with Crippen LogP contribution in [0.25, 0.3) is 0 Å². The van der Waals surface area contributed by atoms with Gasteiger partial charge in [-0.3, -0.25) is 14.5 Å². The Balaban J connectivity index is 1.72. The van der Waals surface area contributed by atoms with Crippen molar-refractivity contribution in [3.8, 4) is 0 Å². The van der Waals surface area contributed by atoms with Crippen molar-refractivity contribution >= 4 is 34.7 Å². The number of ether oxygens (including phenoxy) is 1. The Morgan fingerprint density at radius 1 is 1.19 bits per heavy atom. The summed E-state index contributed by atoms with van der Waals surface area (Å²) in [5, 5.41) is 4.72. The van der Waals surface area contributed by atoms with E-state index in [1.807, 2.05) is 5.32 Å². The number of cyclic esters (lactones) is 1. The van der Waals surface area contributed by atoms with E-state index in [1.165, 1.54) is 24.3 Å². The molecule has 0 radical (unpaired) electrons. The number of halogens is 3. The SMILES string of the molecule is CN(C)c1cccc(Nc2ccc(N3C[C@H](CNC(=O)C(F)F)OC3=O)cc2F)c(=O)c1. The van der Waals surface area contributed by atoms with Crippen molar-refractivity contribution in [1.82, 2.24) is 5.32 Å². The van der Waals surface area contributed by atoms with Gasteiger partial charge in [-0.1, -0.05) is 6.07 Å². The molecule has 2 amide bonds. The van der Waals surface area contributed by atoms with E-state index < -0.39 is 30.3 Å². The van der Waals surface area contributed by atoms with Crippen molar-refractivity contribution in [3.05, 3.63) is 58.5 Å². The number of hydrogen-bond donors (Lipinski definition) is 2. The van der Waals surface area contributed by atoms with Gasteiger partial charge in [0.05, 0.1) is 30.2 Å². The second-order valence-corrected chi connectivity index (χ2v) is 7.22. The number of carbonyl (C=O) groups is 2. The maximum absolute atomic E-state index is 14.7. The molecule has 1 aliphatic heterocycles. The van der Waals surface area contributed by atoms with Gasteiger partial charge in [-0.15, -0.1) is 0 Å². The molecule has 0 unspecified atom stereocenters. The third-order valence-electron chi connectivity index (χ3n) is 4.70. The number of anilines is 4. The third-order valence-corrected chi connectivity index (χ3v) is 4.70. The van der Waals surface area contributed by atoms with E-state index in [9.17, 15) is 27.6 Å². The molecule has 2 N–H and O–H groups in total. The molecule has 0 spiro atoms. The van der Waals surface area contributed by atoms with Crippen LogP contribution < -0.4 is 25.9 Å². The maximum Gasteiger partial charge on any atom is 0.414 e. The van der Waals surface area contributed by atoms with E-state index in [0.717, 1.165) is 11.0 Å². The summed E-state index contributed by atoms with van der Waals surface area (Å²) >= 11 is 0. The summed E-state index contributed by atoms with van der Waals surface area (Å²) in [7, 11) is 3.59. The summed E-state index contributed by atoms with van der Waals surface area (Å²) in [4.78, 5) is 38.3. The van der Waals surface area contributed by atoms with Crippen LogP contribution in [-0.2, 0) is 9.53 Å². The highest BCUT2D eigenvalue weighted by atomic mass is 19.3. The smallest absolute Gasteiger partial charge is 0.414 e. The van der Waals surface area contributed by atoms with Gasteiger partial charge in [0.2, 0.25) is 5.43 Å². The molecule has 170 valence electrons. The number of rotatable bonds is 7. The number of alkyl halides is 2. The zero-order chi connectivity index (χ0) is 23.4. The van der Waals surface area contributed by atoms with Crippen LogP contribution >= 0.6 is 0 Å². The largest absolute Gasteiger partial charge is 0.442 e. The minimum Gasteiger partial charge on any atom is -0.442 e. The van der Waals surface area contributed by atoms with Crippen molar-refractivity contribution in [2.24, 2.45) is 0 Å². The Morgan fingerprint density at radius 2 is 1.94 bits per heavy atom. The van der Waals surface area contributed by atoms with Gasteiger partial charge in [0, 0.05) is 25.8 Å². The van der Waals surface area contributed by atoms with Crippen molar-refractivity contribution in [2.45, 2.75) is 12.5 Å². The summed E-state index contributed by atoms with van der Waals surface area (Å²) in [6, 6.07) is 10.3. The van der Waals surface area contributed by atoms with Gasteiger partial charge in [0.1, 0.15) is 11.9 Å². The highest BCUT2D eigenvalue weighted by Crippen LogP contribution is 2.27. The molecule has 0 aromatic heterocycles. The van der Waals surface area contributed by atoms with E-state index >= 15 is 0 Å². The lowest BCUT2D eigenvalue weighted by Crippen LogP contribution is -2.37. The highest BCUT2D eigenvalue weighted by molar-refractivity contribution is 5.90. The number of amides is 2. The summed E-state index contributed by atoms with van der Waals surface area (Å²) < 4.78 is 44.2. The Morgan fingerprint density at radius 3 is 2.59 bits per heavy atom. The first-order valence-corrected chi connectivity index (χ1v) is 9.58. The van der Waals surface area contributed by atoms with Crippen LogP contribution in [-0.4, -0.2) is 51.7 Å². The standard InChI is InChI=1S/C21H21F3N4O4/c1-27(2)12-4-3-5-17(18(29)9-12)26-16-7-6-13(8-15(16)22)28-11-14(32-21(28)31)10-25-20(30)19(23)24/h3-9,14,19H,10-11H2,1-2H3,(H,25,30)(H,26,29)/t14-/m0/s1. The zero-order valence-corrected chi connectivity index (χ0v) is 17.3. The third kappa shape index (κ3) is 5.29. The average molecular weight is 450 g/mol. The van der Waals surface area contributed by atoms with E-state index in [1.54, 1.807) is 31.1 Å². The molecule has 0 aliphatic carbocycles. The molecule has 2 aromatic carbocycles. The molecule has 0 bridgehead atoms. The molecule has 1 fully saturated rings. The van der Waals surface area contributed by atoms with Crippen molar-refractivity contribution in [2.75, 3.05) is 42.3 Å². The van der Waals surface area contributed by atoms with Crippen molar-refractivity contribution in [1.29, 1.82) is 0 Å². The first-order valence-electron chi connectivity index (χ1n) is 9.58. The topological polar surface area (TPSA) is 91.0 Å². The number of carbonyl (C=O) groups excluding carboxylic acids is 2. The van der Waals surface area contributed by atoms with Crippen LogP contribution in [0, 0.1) is 5.82 Å². The normalized spacial score (nSPS) is 15.5. The lowest BCUT2D eigenvalue weighted by molar-refractivity contribution is -0.132. The molecule has 32 heavy (non-hydrogen) atoms. The monoisotopic (exact) mass is 450 g/mol. The van der Waals surface area contributed by atoms with Gasteiger partial charge in [0.25, 0.3) is 5.91 Å². The summed E-state index contributed by atoms with van der Waals surface area (Å²) in [6.45, 7) is -0.346. The molecule has 8 nitrogen and oxygen atoms in total.